The smallest absolute Gasteiger partial charge is 0.300 e. The van der Waals surface area contributed by atoms with E-state index >= 15 is 0 Å². The molecule has 10 rings (SSSR count). The molecular formula is C41H36ClF6N11O2S2. The molecule has 0 saturated heterocycles. The van der Waals surface area contributed by atoms with Crippen LogP contribution in [-0.2, 0) is 22.3 Å². The molecule has 6 aromatic rings. The molecule has 2 aromatic carbocycles. The summed E-state index contributed by atoms with van der Waals surface area (Å²) in [5, 5.41) is 9.12. The van der Waals surface area contributed by atoms with Crippen LogP contribution in [0, 0.1) is 46.7 Å². The zero-order valence-electron chi connectivity index (χ0n) is 33.3. The summed E-state index contributed by atoms with van der Waals surface area (Å²) in [7, 11) is 0. The number of aliphatic imine (C=N–C) groups is 2. The van der Waals surface area contributed by atoms with E-state index in [1.54, 1.807) is 19.9 Å². The van der Waals surface area contributed by atoms with E-state index in [9.17, 15) is 26.3 Å². The first-order chi connectivity index (χ1) is 29.8. The van der Waals surface area contributed by atoms with Crippen LogP contribution in [0.2, 0.25) is 5.15 Å². The number of thioether (sulfide) groups is 2. The summed E-state index contributed by atoms with van der Waals surface area (Å²) in [5.41, 5.74) is 18.8. The third-order valence-electron chi connectivity index (χ3n) is 10.7. The number of fused-ring (bicyclic) bond motifs is 4. The molecule has 4 aromatic heterocycles. The molecule has 2 fully saturated rings. The number of nitrogens with zero attached hydrogens (tertiary/aromatic N) is 8. The van der Waals surface area contributed by atoms with Crippen LogP contribution in [0.4, 0.5) is 32.0 Å². The number of nitrogens with two attached hydrogens (primary N) is 3. The quantitative estimate of drug-likeness (QED) is 0.0754. The van der Waals surface area contributed by atoms with Crippen molar-refractivity contribution in [2.24, 2.45) is 33.3 Å². The summed E-state index contributed by atoms with van der Waals surface area (Å²) >= 11 is 8.67. The Balaban J connectivity index is 0.000000148. The van der Waals surface area contributed by atoms with Crippen molar-refractivity contribution in [3.8, 4) is 0 Å². The SMILES string of the molecule is CC(=O)O.C[C@]1(c2cc(Cc3ncnc4cc(F)cnc34)cc(F)c2F)N=C(N)S[C@H]2C[C@H]21.C[C@]1(c2cc(N)cc(F)c2F)N=C(N)S[C@H]2C[C@H]21.Fc1cnc2c(Cl)ncnc2c1. The summed E-state index contributed by atoms with van der Waals surface area (Å²) < 4.78 is 82.8. The molecule has 2 aliphatic heterocycles. The van der Waals surface area contributed by atoms with Crippen LogP contribution in [0.15, 0.2) is 71.4 Å². The van der Waals surface area contributed by atoms with Crippen molar-refractivity contribution in [1.82, 2.24) is 29.9 Å². The predicted molar refractivity (Wildman–Crippen MR) is 230 cm³/mol. The van der Waals surface area contributed by atoms with E-state index < -0.39 is 52.0 Å². The number of hydrogen-bond acceptors (Lipinski definition) is 14. The molecule has 0 spiro atoms. The van der Waals surface area contributed by atoms with Gasteiger partial charge in [-0.3, -0.25) is 14.8 Å². The molecule has 328 valence electrons. The Hall–Kier alpha value is -5.80. The molecule has 0 amide bonds. The van der Waals surface area contributed by atoms with Gasteiger partial charge in [0.25, 0.3) is 5.97 Å². The molecule has 0 radical (unpaired) electrons. The fourth-order valence-electron chi connectivity index (χ4n) is 7.57. The number of amidine groups is 2. The van der Waals surface area contributed by atoms with E-state index in [-0.39, 0.29) is 45.5 Å². The van der Waals surface area contributed by atoms with Crippen LogP contribution in [0.3, 0.4) is 0 Å². The maximum absolute atomic E-state index is 14.8. The number of benzene rings is 2. The van der Waals surface area contributed by atoms with E-state index in [1.165, 1.54) is 54.4 Å². The molecule has 6 atom stereocenters. The van der Waals surface area contributed by atoms with Crippen LogP contribution in [0.5, 0.6) is 0 Å². The highest BCUT2D eigenvalue weighted by Crippen LogP contribution is 2.59. The molecule has 0 unspecified atom stereocenters. The molecule has 22 heteroatoms. The molecule has 6 heterocycles. The molecule has 63 heavy (non-hydrogen) atoms. The first-order valence-corrected chi connectivity index (χ1v) is 21.0. The zero-order chi connectivity index (χ0) is 45.5. The predicted octanol–water partition coefficient (Wildman–Crippen LogP) is 7.82. The number of aromatic nitrogens is 6. The number of carboxylic acid groups (broad SMARTS) is 1. The fourth-order valence-corrected chi connectivity index (χ4v) is 10.3. The lowest BCUT2D eigenvalue weighted by Gasteiger charge is -2.30. The maximum atomic E-state index is 14.8. The zero-order valence-corrected chi connectivity index (χ0v) is 35.7. The third-order valence-corrected chi connectivity index (χ3v) is 13.2. The largest absolute Gasteiger partial charge is 0.481 e. The highest BCUT2D eigenvalue weighted by atomic mass is 35.5. The van der Waals surface area contributed by atoms with Gasteiger partial charge in [0, 0.05) is 64.6 Å². The van der Waals surface area contributed by atoms with Gasteiger partial charge in [0.15, 0.2) is 38.8 Å². The van der Waals surface area contributed by atoms with Crippen molar-refractivity contribution < 1.29 is 36.2 Å². The number of halogens is 7. The van der Waals surface area contributed by atoms with Crippen molar-refractivity contribution in [3.05, 3.63) is 124 Å². The van der Waals surface area contributed by atoms with Crippen molar-refractivity contribution in [3.63, 3.8) is 0 Å². The lowest BCUT2D eigenvalue weighted by Crippen LogP contribution is -2.32. The minimum absolute atomic E-state index is 0.119. The van der Waals surface area contributed by atoms with Crippen molar-refractivity contribution in [2.75, 3.05) is 5.73 Å². The van der Waals surface area contributed by atoms with Gasteiger partial charge in [-0.2, -0.15) is 0 Å². The van der Waals surface area contributed by atoms with Crippen molar-refractivity contribution >= 4 is 79.2 Å². The van der Waals surface area contributed by atoms with E-state index in [2.05, 4.69) is 39.9 Å². The number of rotatable bonds is 4. The molecule has 0 bridgehead atoms. The highest BCUT2D eigenvalue weighted by Gasteiger charge is 2.57. The second-order valence-electron chi connectivity index (χ2n) is 15.2. The summed E-state index contributed by atoms with van der Waals surface area (Å²) in [6.45, 7) is 4.68. The Kier molecular flexibility index (Phi) is 12.7. The van der Waals surface area contributed by atoms with Gasteiger partial charge in [0.1, 0.15) is 35.3 Å². The topological polar surface area (TPSA) is 217 Å². The van der Waals surface area contributed by atoms with Crippen LogP contribution >= 0.6 is 35.1 Å². The first kappa shape index (κ1) is 45.2. The second-order valence-corrected chi connectivity index (χ2v) is 18.1. The van der Waals surface area contributed by atoms with Crippen LogP contribution in [-0.4, -0.2) is 61.8 Å². The molecule has 13 nitrogen and oxygen atoms in total. The standard InChI is InChI=1S/C20H16F3N5S.C12H13F2N3S.C7H3ClFN3.C2H4O2/c1-20(11-6-16(11)29-19(24)28-20)12-2-9(3-13(22)17(12)23)4-14-18-15(27-8-26-14)5-10(21)7-25-18;1-12(6-4-9(6)18-11(16)17-12)7-2-5(15)3-8(13)10(7)14;8-7-6-5(11-3-12-7)1-4(9)2-10-6;1-2(3)4/h2-3,5,7-8,11,16H,4,6H2,1H3,(H2,24,28);2-3,6,9H,4,15H2,1H3,(H2,16,17);1-3H;1H3,(H,3,4)/t11-,16+,20+;6-,9+,12+;;/m11../s1. The second kappa shape index (κ2) is 17.8. The Labute approximate surface area is 368 Å². The average Bonchev–Trinajstić information content (AvgIpc) is 4.14. The van der Waals surface area contributed by atoms with E-state index in [4.69, 9.17) is 38.7 Å². The minimum atomic E-state index is -0.944. The van der Waals surface area contributed by atoms with Gasteiger partial charge < -0.3 is 22.3 Å². The van der Waals surface area contributed by atoms with Gasteiger partial charge >= 0.3 is 0 Å². The Morgan fingerprint density at radius 3 is 1.75 bits per heavy atom. The number of pyridine rings is 2. The third kappa shape index (κ3) is 9.74. The van der Waals surface area contributed by atoms with E-state index in [0.717, 1.165) is 44.3 Å². The molecular weight excluding hydrogens is 892 g/mol. The van der Waals surface area contributed by atoms with E-state index in [1.807, 2.05) is 0 Å². The lowest BCUT2D eigenvalue weighted by molar-refractivity contribution is -0.134. The van der Waals surface area contributed by atoms with Gasteiger partial charge in [-0.25, -0.2) is 56.2 Å². The van der Waals surface area contributed by atoms with Gasteiger partial charge in [-0.05, 0) is 56.5 Å². The number of aliphatic carboxylic acids is 1. The fraction of sp³-hybridized carbons (Fsp3) is 0.293. The number of carbonyl (C=O) groups is 1. The molecule has 4 aliphatic rings. The number of nitrogen functional groups attached to an aromatic ring is 1. The highest BCUT2D eigenvalue weighted by molar-refractivity contribution is 8.14. The van der Waals surface area contributed by atoms with Gasteiger partial charge in [0.05, 0.1) is 40.2 Å². The van der Waals surface area contributed by atoms with Crippen LogP contribution in [0.1, 0.15) is 56.0 Å². The monoisotopic (exact) mass is 927 g/mol. The summed E-state index contributed by atoms with van der Waals surface area (Å²) in [4.78, 5) is 41.4. The summed E-state index contributed by atoms with van der Waals surface area (Å²) in [5.74, 6) is -5.11. The van der Waals surface area contributed by atoms with Gasteiger partial charge in [-0.1, -0.05) is 35.1 Å². The normalized spacial score (nSPS) is 23.8. The minimum Gasteiger partial charge on any atom is -0.481 e. The summed E-state index contributed by atoms with van der Waals surface area (Å²) in [6, 6.07) is 7.73. The number of anilines is 1. The van der Waals surface area contributed by atoms with Crippen LogP contribution < -0.4 is 17.2 Å². The van der Waals surface area contributed by atoms with Gasteiger partial charge in [-0.15, -0.1) is 0 Å². The first-order valence-electron chi connectivity index (χ1n) is 18.9. The molecule has 7 N–H and O–H groups in total. The van der Waals surface area contributed by atoms with Crippen molar-refractivity contribution in [2.45, 2.75) is 61.6 Å². The maximum Gasteiger partial charge on any atom is 0.300 e. The number of carboxylic acids is 1. The summed E-state index contributed by atoms with van der Waals surface area (Å²) in [6.07, 6.45) is 6.71. The Morgan fingerprint density at radius 2 is 1.19 bits per heavy atom. The molecule has 2 saturated carbocycles. The lowest BCUT2D eigenvalue weighted by atomic mass is 9.85. The Bertz CT molecular complexity index is 2840. The van der Waals surface area contributed by atoms with Gasteiger partial charge in [0.2, 0.25) is 0 Å². The van der Waals surface area contributed by atoms with Crippen LogP contribution in [0.25, 0.3) is 22.1 Å². The molecule has 2 aliphatic carbocycles. The number of hydrogen-bond donors (Lipinski definition) is 4. The Morgan fingerprint density at radius 1 is 0.714 bits per heavy atom. The van der Waals surface area contributed by atoms with E-state index in [0.29, 0.717) is 48.9 Å². The van der Waals surface area contributed by atoms with Crippen molar-refractivity contribution in [1.29, 1.82) is 0 Å². The average molecular weight is 928 g/mol.